The summed E-state index contributed by atoms with van der Waals surface area (Å²) in [6.45, 7) is 8.61. The zero-order chi connectivity index (χ0) is 24.8. The van der Waals surface area contributed by atoms with Crippen molar-refractivity contribution in [3.63, 3.8) is 0 Å². The van der Waals surface area contributed by atoms with Crippen molar-refractivity contribution >= 4 is 28.6 Å². The van der Waals surface area contributed by atoms with Gasteiger partial charge in [0.15, 0.2) is 0 Å². The number of halogens is 3. The summed E-state index contributed by atoms with van der Waals surface area (Å²) in [5.41, 5.74) is 8.97. The second kappa shape index (κ2) is 8.52. The van der Waals surface area contributed by atoms with Gasteiger partial charge in [0.1, 0.15) is 5.75 Å². The van der Waals surface area contributed by atoms with Crippen LogP contribution in [0.15, 0.2) is 36.4 Å². The topological polar surface area (TPSA) is 82.2 Å². The van der Waals surface area contributed by atoms with Crippen molar-refractivity contribution in [3.8, 4) is 5.75 Å². The molecule has 0 spiro atoms. The molecular formula is C25H29F3N4O2. The third kappa shape index (κ3) is 5.13. The summed E-state index contributed by atoms with van der Waals surface area (Å²) in [5.74, 6) is 0.270. The van der Waals surface area contributed by atoms with Gasteiger partial charge in [-0.3, -0.25) is 4.79 Å². The van der Waals surface area contributed by atoms with E-state index in [0.717, 1.165) is 30.3 Å². The second-order valence-corrected chi connectivity index (χ2v) is 10.1. The zero-order valence-electron chi connectivity index (χ0n) is 19.7. The van der Waals surface area contributed by atoms with E-state index in [1.807, 2.05) is 13.0 Å². The van der Waals surface area contributed by atoms with Gasteiger partial charge >= 0.3 is 6.36 Å². The SMILES string of the molecule is Cc1cc2c(cc1C(N)=O)nc(Nc1ccc(OC(F)(F)F)cc1)n2[C@@H]1CC(C)CC(C)(C)C1. The highest BCUT2D eigenvalue weighted by Gasteiger charge is 2.35. The molecule has 34 heavy (non-hydrogen) atoms. The number of alkyl halides is 3. The maximum atomic E-state index is 12.5. The second-order valence-electron chi connectivity index (χ2n) is 10.1. The quantitative estimate of drug-likeness (QED) is 0.444. The number of nitrogens with zero attached hydrogens (tertiary/aromatic N) is 2. The van der Waals surface area contributed by atoms with E-state index < -0.39 is 12.3 Å². The summed E-state index contributed by atoms with van der Waals surface area (Å²) in [5, 5.41) is 3.26. The number of ether oxygens (including phenoxy) is 1. The van der Waals surface area contributed by atoms with Crippen LogP contribution in [0.1, 0.15) is 62.0 Å². The zero-order valence-corrected chi connectivity index (χ0v) is 19.7. The van der Waals surface area contributed by atoms with Crippen LogP contribution in [0.25, 0.3) is 11.0 Å². The monoisotopic (exact) mass is 474 g/mol. The number of carbonyl (C=O) groups is 1. The third-order valence-corrected chi connectivity index (χ3v) is 6.37. The van der Waals surface area contributed by atoms with Crippen molar-refractivity contribution < 1.29 is 22.7 Å². The molecule has 1 unspecified atom stereocenters. The molecule has 0 aliphatic heterocycles. The smallest absolute Gasteiger partial charge is 0.406 e. The molecule has 2 aromatic carbocycles. The average Bonchev–Trinajstić information content (AvgIpc) is 3.02. The maximum absolute atomic E-state index is 12.5. The van der Waals surface area contributed by atoms with E-state index in [4.69, 9.17) is 10.7 Å². The minimum Gasteiger partial charge on any atom is -0.406 e. The molecule has 1 amide bonds. The van der Waals surface area contributed by atoms with Crippen molar-refractivity contribution in [2.45, 2.75) is 59.4 Å². The Balaban J connectivity index is 1.77. The number of imidazole rings is 1. The predicted molar refractivity (Wildman–Crippen MR) is 125 cm³/mol. The van der Waals surface area contributed by atoms with Crippen LogP contribution in [0.5, 0.6) is 5.75 Å². The van der Waals surface area contributed by atoms with Gasteiger partial charge in [-0.25, -0.2) is 4.98 Å². The van der Waals surface area contributed by atoms with Gasteiger partial charge in [0, 0.05) is 17.3 Å². The first-order valence-corrected chi connectivity index (χ1v) is 11.3. The highest BCUT2D eigenvalue weighted by atomic mass is 19.4. The predicted octanol–water partition coefficient (Wildman–Crippen LogP) is 6.47. The van der Waals surface area contributed by atoms with Gasteiger partial charge < -0.3 is 20.4 Å². The van der Waals surface area contributed by atoms with Crippen LogP contribution in [0.3, 0.4) is 0 Å². The highest BCUT2D eigenvalue weighted by molar-refractivity contribution is 5.98. The molecule has 0 saturated heterocycles. The molecule has 1 fully saturated rings. The first kappa shape index (κ1) is 23.9. The van der Waals surface area contributed by atoms with E-state index in [-0.39, 0.29) is 17.2 Å². The lowest BCUT2D eigenvalue weighted by Gasteiger charge is -2.40. The molecule has 3 aromatic rings. The third-order valence-electron chi connectivity index (χ3n) is 6.37. The number of fused-ring (bicyclic) bond motifs is 1. The summed E-state index contributed by atoms with van der Waals surface area (Å²) >= 11 is 0. The van der Waals surface area contributed by atoms with E-state index in [1.54, 1.807) is 6.07 Å². The summed E-state index contributed by atoms with van der Waals surface area (Å²) in [6.07, 6.45) is -1.70. The van der Waals surface area contributed by atoms with E-state index >= 15 is 0 Å². The molecule has 1 saturated carbocycles. The number of nitrogens with one attached hydrogen (secondary N) is 1. The Bertz CT molecular complexity index is 1220. The Morgan fingerprint density at radius 3 is 2.47 bits per heavy atom. The van der Waals surface area contributed by atoms with E-state index in [2.05, 4.69) is 35.4 Å². The summed E-state index contributed by atoms with van der Waals surface area (Å²) < 4.78 is 43.6. The number of carbonyl (C=O) groups excluding carboxylic acids is 1. The number of anilines is 2. The fraction of sp³-hybridized carbons (Fsp3) is 0.440. The molecule has 1 aliphatic rings. The van der Waals surface area contributed by atoms with Gasteiger partial charge in [-0.05, 0) is 79.5 Å². The molecule has 4 rings (SSSR count). The normalized spacial score (nSPS) is 20.3. The van der Waals surface area contributed by atoms with E-state index in [1.165, 1.54) is 24.3 Å². The Labute approximate surface area is 196 Å². The Hall–Kier alpha value is -3.23. The molecule has 9 heteroatoms. The minimum atomic E-state index is -4.75. The summed E-state index contributed by atoms with van der Waals surface area (Å²) in [6, 6.07) is 9.33. The van der Waals surface area contributed by atoms with E-state index in [9.17, 15) is 18.0 Å². The van der Waals surface area contributed by atoms with Crippen LogP contribution in [-0.4, -0.2) is 21.8 Å². The van der Waals surface area contributed by atoms with Crippen molar-refractivity contribution in [1.82, 2.24) is 9.55 Å². The maximum Gasteiger partial charge on any atom is 0.573 e. The number of amides is 1. The molecule has 1 aliphatic carbocycles. The number of primary amides is 1. The summed E-state index contributed by atoms with van der Waals surface area (Å²) in [4.78, 5) is 16.6. The standard InChI is InChI=1S/C25H29F3N4O2/c1-14-9-17(13-24(3,4)12-14)32-21-10-15(2)19(22(29)33)11-20(21)31-23(32)30-16-5-7-18(8-6-16)34-25(26,27)28/h5-8,10-11,14,17H,9,12-13H2,1-4H3,(H2,29,33)(H,30,31)/t14?,17-/m1/s1. The Morgan fingerprint density at radius 1 is 1.21 bits per heavy atom. The number of rotatable bonds is 5. The van der Waals surface area contributed by atoms with Crippen molar-refractivity contribution in [2.24, 2.45) is 17.1 Å². The lowest BCUT2D eigenvalue weighted by molar-refractivity contribution is -0.274. The number of nitrogens with two attached hydrogens (primary N) is 1. The Kier molecular flexibility index (Phi) is 5.99. The van der Waals surface area contributed by atoms with Crippen LogP contribution < -0.4 is 15.8 Å². The average molecular weight is 475 g/mol. The molecular weight excluding hydrogens is 445 g/mol. The minimum absolute atomic E-state index is 0.148. The molecule has 0 radical (unpaired) electrons. The number of hydrogen-bond acceptors (Lipinski definition) is 4. The highest BCUT2D eigenvalue weighted by Crippen LogP contribution is 2.46. The number of benzene rings is 2. The number of hydrogen-bond donors (Lipinski definition) is 2. The van der Waals surface area contributed by atoms with Gasteiger partial charge in [-0.2, -0.15) is 0 Å². The van der Waals surface area contributed by atoms with Crippen LogP contribution in [0.4, 0.5) is 24.8 Å². The van der Waals surface area contributed by atoms with Gasteiger partial charge in [-0.1, -0.05) is 20.8 Å². The van der Waals surface area contributed by atoms with Crippen molar-refractivity contribution in [3.05, 3.63) is 47.5 Å². The lowest BCUT2D eigenvalue weighted by atomic mass is 9.70. The molecule has 1 aromatic heterocycles. The van der Waals surface area contributed by atoms with Gasteiger partial charge in [-0.15, -0.1) is 13.2 Å². The van der Waals surface area contributed by atoms with Crippen LogP contribution >= 0.6 is 0 Å². The molecule has 6 nitrogen and oxygen atoms in total. The van der Waals surface area contributed by atoms with E-state index in [0.29, 0.717) is 28.6 Å². The van der Waals surface area contributed by atoms with Crippen molar-refractivity contribution in [1.29, 1.82) is 0 Å². The van der Waals surface area contributed by atoms with Crippen LogP contribution in [-0.2, 0) is 0 Å². The van der Waals surface area contributed by atoms with Gasteiger partial charge in [0.2, 0.25) is 11.9 Å². The molecule has 1 heterocycles. The Morgan fingerprint density at radius 2 is 1.88 bits per heavy atom. The number of aryl methyl sites for hydroxylation is 1. The molecule has 3 N–H and O–H groups in total. The lowest BCUT2D eigenvalue weighted by Crippen LogP contribution is -2.29. The molecule has 2 atom stereocenters. The van der Waals surface area contributed by atoms with Crippen LogP contribution in [0.2, 0.25) is 0 Å². The molecule has 0 bridgehead atoms. The van der Waals surface area contributed by atoms with Crippen LogP contribution in [0, 0.1) is 18.3 Å². The number of aromatic nitrogens is 2. The fourth-order valence-corrected chi connectivity index (χ4v) is 5.33. The first-order chi connectivity index (χ1) is 15.8. The van der Waals surface area contributed by atoms with Gasteiger partial charge in [0.25, 0.3) is 0 Å². The van der Waals surface area contributed by atoms with Crippen molar-refractivity contribution in [2.75, 3.05) is 5.32 Å². The summed E-state index contributed by atoms with van der Waals surface area (Å²) in [7, 11) is 0. The largest absolute Gasteiger partial charge is 0.573 e. The van der Waals surface area contributed by atoms with Gasteiger partial charge in [0.05, 0.1) is 11.0 Å². The fourth-order valence-electron chi connectivity index (χ4n) is 5.33. The molecule has 182 valence electrons. The first-order valence-electron chi connectivity index (χ1n) is 11.3.